The van der Waals surface area contributed by atoms with Crippen molar-refractivity contribution in [2.24, 2.45) is 5.41 Å². The van der Waals surface area contributed by atoms with Crippen molar-refractivity contribution in [3.8, 4) is 0 Å². The van der Waals surface area contributed by atoms with Gasteiger partial charge in [0.2, 0.25) is 0 Å². The highest BCUT2D eigenvalue weighted by Gasteiger charge is 2.25. The molecule has 0 fully saturated rings. The minimum Gasteiger partial charge on any atom is -0.319 e. The smallest absolute Gasteiger partial charge is 0.162 e. The van der Waals surface area contributed by atoms with Crippen LogP contribution in [0.4, 0.5) is 8.78 Å². The number of nitrogens with one attached hydrogen (secondary N) is 1. The molecule has 0 saturated carbocycles. The number of hydrogen-bond acceptors (Lipinski definition) is 1. The predicted molar refractivity (Wildman–Crippen MR) is 67.0 cm³/mol. The van der Waals surface area contributed by atoms with Crippen LogP contribution < -0.4 is 5.32 Å². The van der Waals surface area contributed by atoms with Crippen molar-refractivity contribution in [1.82, 2.24) is 5.32 Å². The first-order valence-electron chi connectivity index (χ1n) is 6.10. The second-order valence-electron chi connectivity index (χ2n) is 4.98. The third-order valence-corrected chi connectivity index (χ3v) is 3.11. The normalized spacial score (nSPS) is 14.6. The average Bonchev–Trinajstić information content (AvgIpc) is 2.25. The van der Waals surface area contributed by atoms with Gasteiger partial charge >= 0.3 is 0 Å². The molecule has 0 heterocycles. The van der Waals surface area contributed by atoms with Crippen LogP contribution in [0.25, 0.3) is 0 Å². The number of benzene rings is 1. The zero-order valence-corrected chi connectivity index (χ0v) is 10.8. The van der Waals surface area contributed by atoms with Gasteiger partial charge in [0.05, 0.1) is 0 Å². The van der Waals surface area contributed by atoms with Crippen molar-refractivity contribution < 1.29 is 8.78 Å². The Morgan fingerprint density at radius 3 is 2.59 bits per heavy atom. The minimum absolute atomic E-state index is 0.0296. The van der Waals surface area contributed by atoms with Gasteiger partial charge in [0, 0.05) is 6.54 Å². The molecule has 0 aliphatic heterocycles. The van der Waals surface area contributed by atoms with E-state index in [0.717, 1.165) is 25.5 Å². The third-order valence-electron chi connectivity index (χ3n) is 3.11. The summed E-state index contributed by atoms with van der Waals surface area (Å²) in [4.78, 5) is 0. The fourth-order valence-corrected chi connectivity index (χ4v) is 2.41. The zero-order chi connectivity index (χ0) is 12.9. The van der Waals surface area contributed by atoms with Gasteiger partial charge in [0.25, 0.3) is 0 Å². The Kier molecular flexibility index (Phi) is 5.06. The maximum atomic E-state index is 13.6. The molecule has 0 spiro atoms. The fourth-order valence-electron chi connectivity index (χ4n) is 2.41. The molecule has 0 saturated heterocycles. The van der Waals surface area contributed by atoms with Gasteiger partial charge in [-0.15, -0.1) is 0 Å². The molecule has 0 aliphatic carbocycles. The molecule has 96 valence electrons. The Bertz CT molecular complexity index is 357. The van der Waals surface area contributed by atoms with Crippen molar-refractivity contribution in [1.29, 1.82) is 0 Å². The van der Waals surface area contributed by atoms with E-state index in [1.165, 1.54) is 0 Å². The lowest BCUT2D eigenvalue weighted by molar-refractivity contribution is 0.278. The van der Waals surface area contributed by atoms with E-state index in [-0.39, 0.29) is 5.41 Å². The lowest BCUT2D eigenvalue weighted by atomic mass is 9.79. The fraction of sp³-hybridized carbons (Fsp3) is 0.571. The van der Waals surface area contributed by atoms with Crippen LogP contribution in [0.2, 0.25) is 0 Å². The molecule has 0 radical (unpaired) electrons. The minimum atomic E-state index is -0.759. The highest BCUT2D eigenvalue weighted by Crippen LogP contribution is 2.29. The predicted octanol–water partition coefficient (Wildman–Crippen LogP) is 3.53. The summed E-state index contributed by atoms with van der Waals surface area (Å²) in [5.41, 5.74) is 0.439. The lowest BCUT2D eigenvalue weighted by Crippen LogP contribution is -2.32. The monoisotopic (exact) mass is 241 g/mol. The SMILES string of the molecule is CCCC(C)(CNC)Cc1cccc(F)c1F. The molecule has 0 aliphatic rings. The van der Waals surface area contributed by atoms with E-state index in [4.69, 9.17) is 0 Å². The molecular weight excluding hydrogens is 220 g/mol. The van der Waals surface area contributed by atoms with Gasteiger partial charge in [-0.1, -0.05) is 32.4 Å². The Morgan fingerprint density at radius 1 is 1.29 bits per heavy atom. The Balaban J connectivity index is 2.89. The Hall–Kier alpha value is -0.960. The maximum absolute atomic E-state index is 13.6. The van der Waals surface area contributed by atoms with Crippen LogP contribution in [0, 0.1) is 17.0 Å². The molecule has 1 rings (SSSR count). The highest BCUT2D eigenvalue weighted by molar-refractivity contribution is 5.20. The number of hydrogen-bond donors (Lipinski definition) is 1. The lowest BCUT2D eigenvalue weighted by Gasteiger charge is -2.29. The van der Waals surface area contributed by atoms with E-state index >= 15 is 0 Å². The van der Waals surface area contributed by atoms with Crippen molar-refractivity contribution in [3.63, 3.8) is 0 Å². The Labute approximate surface area is 102 Å². The molecule has 1 unspecified atom stereocenters. The van der Waals surface area contributed by atoms with E-state index in [2.05, 4.69) is 19.2 Å². The second-order valence-corrected chi connectivity index (χ2v) is 4.98. The molecule has 1 atom stereocenters. The van der Waals surface area contributed by atoms with E-state index < -0.39 is 11.6 Å². The van der Waals surface area contributed by atoms with Crippen LogP contribution in [0.3, 0.4) is 0 Å². The molecule has 1 aromatic carbocycles. The molecule has 0 amide bonds. The van der Waals surface area contributed by atoms with Gasteiger partial charge in [-0.05, 0) is 36.9 Å². The van der Waals surface area contributed by atoms with Crippen molar-refractivity contribution in [2.75, 3.05) is 13.6 Å². The van der Waals surface area contributed by atoms with Crippen molar-refractivity contribution >= 4 is 0 Å². The molecule has 3 heteroatoms. The van der Waals surface area contributed by atoms with Gasteiger partial charge in [-0.3, -0.25) is 0 Å². The summed E-state index contributed by atoms with van der Waals surface area (Å²) < 4.78 is 26.8. The van der Waals surface area contributed by atoms with E-state index in [1.807, 2.05) is 7.05 Å². The molecule has 17 heavy (non-hydrogen) atoms. The zero-order valence-electron chi connectivity index (χ0n) is 10.8. The first-order valence-corrected chi connectivity index (χ1v) is 6.10. The first kappa shape index (κ1) is 14.1. The summed E-state index contributed by atoms with van der Waals surface area (Å²) in [5.74, 6) is -1.46. The van der Waals surface area contributed by atoms with Crippen LogP contribution >= 0.6 is 0 Å². The third kappa shape index (κ3) is 3.77. The molecular formula is C14H21F2N. The number of rotatable bonds is 6. The summed E-state index contributed by atoms with van der Waals surface area (Å²) in [6.07, 6.45) is 2.59. The van der Waals surface area contributed by atoms with Crippen molar-refractivity contribution in [3.05, 3.63) is 35.4 Å². The van der Waals surface area contributed by atoms with Crippen LogP contribution in [0.1, 0.15) is 32.3 Å². The van der Waals surface area contributed by atoms with E-state index in [9.17, 15) is 8.78 Å². The number of halogens is 2. The van der Waals surface area contributed by atoms with Crippen LogP contribution in [0.5, 0.6) is 0 Å². The molecule has 1 N–H and O–H groups in total. The van der Waals surface area contributed by atoms with Gasteiger partial charge in [-0.25, -0.2) is 8.78 Å². The van der Waals surface area contributed by atoms with Gasteiger partial charge in [0.1, 0.15) is 0 Å². The standard InChI is InChI=1S/C14H21F2N/c1-4-8-14(2,10-17-3)9-11-6-5-7-12(15)13(11)16/h5-7,17H,4,8-10H2,1-3H3. The van der Waals surface area contributed by atoms with Crippen LogP contribution in [-0.4, -0.2) is 13.6 Å². The first-order chi connectivity index (χ1) is 8.02. The topological polar surface area (TPSA) is 12.0 Å². The van der Waals surface area contributed by atoms with Crippen molar-refractivity contribution in [2.45, 2.75) is 33.1 Å². The maximum Gasteiger partial charge on any atom is 0.162 e. The second kappa shape index (κ2) is 6.10. The Morgan fingerprint density at radius 2 is 2.00 bits per heavy atom. The van der Waals surface area contributed by atoms with Crippen LogP contribution in [0.15, 0.2) is 18.2 Å². The quantitative estimate of drug-likeness (QED) is 0.803. The highest BCUT2D eigenvalue weighted by atomic mass is 19.2. The average molecular weight is 241 g/mol. The van der Waals surface area contributed by atoms with E-state index in [0.29, 0.717) is 12.0 Å². The largest absolute Gasteiger partial charge is 0.319 e. The molecule has 0 aromatic heterocycles. The molecule has 1 nitrogen and oxygen atoms in total. The molecule has 1 aromatic rings. The summed E-state index contributed by atoms with van der Waals surface area (Å²) in [7, 11) is 1.88. The van der Waals surface area contributed by atoms with Gasteiger partial charge in [0.15, 0.2) is 11.6 Å². The van der Waals surface area contributed by atoms with Gasteiger partial charge in [-0.2, -0.15) is 0 Å². The van der Waals surface area contributed by atoms with Crippen LogP contribution in [-0.2, 0) is 6.42 Å². The summed E-state index contributed by atoms with van der Waals surface area (Å²) in [6.45, 7) is 5.02. The molecule has 0 bridgehead atoms. The summed E-state index contributed by atoms with van der Waals surface area (Å²) in [5, 5.41) is 3.13. The summed E-state index contributed by atoms with van der Waals surface area (Å²) in [6, 6.07) is 4.40. The summed E-state index contributed by atoms with van der Waals surface area (Å²) >= 11 is 0. The van der Waals surface area contributed by atoms with E-state index in [1.54, 1.807) is 12.1 Å². The van der Waals surface area contributed by atoms with Gasteiger partial charge < -0.3 is 5.32 Å².